The van der Waals surface area contributed by atoms with E-state index in [2.05, 4.69) is 56.2 Å². The van der Waals surface area contributed by atoms with Crippen molar-refractivity contribution in [3.05, 3.63) is 59.4 Å². The first-order chi connectivity index (χ1) is 22.9. The summed E-state index contributed by atoms with van der Waals surface area (Å²) in [4.78, 5) is 48.7. The number of para-hydroxylation sites is 2. The third-order valence-electron chi connectivity index (χ3n) is 10.2. The van der Waals surface area contributed by atoms with Gasteiger partial charge in [-0.25, -0.2) is 9.18 Å². The fourth-order valence-corrected chi connectivity index (χ4v) is 9.17. The first kappa shape index (κ1) is 34.5. The molecule has 48 heavy (non-hydrogen) atoms. The average Bonchev–Trinajstić information content (AvgIpc) is 3.23. The van der Waals surface area contributed by atoms with Crippen molar-refractivity contribution in [2.24, 2.45) is 5.41 Å². The number of thioether (sulfide) groups is 1. The zero-order chi connectivity index (χ0) is 34.2. The summed E-state index contributed by atoms with van der Waals surface area (Å²) < 4.78 is 15.7. The van der Waals surface area contributed by atoms with Gasteiger partial charge in [-0.3, -0.25) is 9.59 Å². The number of nitrogens with one attached hydrogen (secondary N) is 2. The van der Waals surface area contributed by atoms with Crippen LogP contribution in [0.3, 0.4) is 0 Å². The molecular weight excluding hydrogens is 628 g/mol. The highest BCUT2D eigenvalue weighted by Crippen LogP contribution is 2.48. The molecule has 4 atom stereocenters. The Labute approximate surface area is 297 Å². The lowest BCUT2D eigenvalue weighted by Gasteiger charge is -2.39. The standard InChI is InChI=1S/C37H51FN6O3S.6H2/c1-24-22-42(23-25(2)39-24)33-28(10-8-11-29(33)38)35-44(20-16-37(3,4)5)34(46)31(48-35)21-32(45)41-17-14-27(15-18-41)43-19-13-26-9-6-7-12-30(26)40-36(43)47;;;;;;/h6-12,24-25,27,31,35,39H,13-23H2,1-5H3,(H,40,47);6*1H/t24-,25+,31-,35-;;;;;;/m0....../s1. The molecule has 6 rings (SSSR count). The number of halogens is 1. The number of piperazine rings is 1. The number of likely N-dealkylation sites (tertiary alicyclic amines) is 1. The number of amides is 4. The van der Waals surface area contributed by atoms with Crippen LogP contribution >= 0.6 is 11.8 Å². The van der Waals surface area contributed by atoms with Crippen molar-refractivity contribution in [1.29, 1.82) is 0 Å². The van der Waals surface area contributed by atoms with E-state index in [1.54, 1.807) is 6.07 Å². The van der Waals surface area contributed by atoms with Gasteiger partial charge >= 0.3 is 6.03 Å². The summed E-state index contributed by atoms with van der Waals surface area (Å²) >= 11 is 1.49. The summed E-state index contributed by atoms with van der Waals surface area (Å²) in [6.07, 6.45) is 3.11. The van der Waals surface area contributed by atoms with Crippen LogP contribution in [0.15, 0.2) is 42.5 Å². The van der Waals surface area contributed by atoms with Gasteiger partial charge in [-0.2, -0.15) is 0 Å². The van der Waals surface area contributed by atoms with Gasteiger partial charge in [-0.15, -0.1) is 11.8 Å². The summed E-state index contributed by atoms with van der Waals surface area (Å²) in [5.41, 5.74) is 3.39. The minimum atomic E-state index is -0.535. The molecule has 2 aromatic rings. The van der Waals surface area contributed by atoms with Crippen molar-refractivity contribution in [2.75, 3.05) is 49.5 Å². The lowest BCUT2D eigenvalue weighted by atomic mass is 9.92. The van der Waals surface area contributed by atoms with E-state index in [0.29, 0.717) is 57.8 Å². The summed E-state index contributed by atoms with van der Waals surface area (Å²) in [7, 11) is 0. The minimum Gasteiger partial charge on any atom is -0.366 e. The van der Waals surface area contributed by atoms with Crippen LogP contribution in [0.1, 0.15) is 85.4 Å². The first-order valence-corrected chi connectivity index (χ1v) is 18.5. The predicted molar refractivity (Wildman–Crippen MR) is 203 cm³/mol. The zero-order valence-electron chi connectivity index (χ0n) is 29.0. The second kappa shape index (κ2) is 14.3. The highest BCUT2D eigenvalue weighted by Gasteiger charge is 2.45. The molecule has 0 radical (unpaired) electrons. The van der Waals surface area contributed by atoms with Gasteiger partial charge in [0.15, 0.2) is 0 Å². The Morgan fingerprint density at radius 3 is 2.42 bits per heavy atom. The fourth-order valence-electron chi connectivity index (χ4n) is 7.67. The van der Waals surface area contributed by atoms with Crippen molar-refractivity contribution in [3.8, 4) is 0 Å². The molecule has 2 aromatic carbocycles. The maximum Gasteiger partial charge on any atom is 0.322 e. The molecule has 4 amide bonds. The molecule has 11 heteroatoms. The van der Waals surface area contributed by atoms with E-state index >= 15 is 4.39 Å². The number of urea groups is 1. The Morgan fingerprint density at radius 2 is 1.71 bits per heavy atom. The summed E-state index contributed by atoms with van der Waals surface area (Å²) in [5.74, 6) is -0.356. The molecule has 0 bridgehead atoms. The summed E-state index contributed by atoms with van der Waals surface area (Å²) in [5, 5.41) is 5.68. The van der Waals surface area contributed by atoms with Crippen molar-refractivity contribution in [3.63, 3.8) is 0 Å². The van der Waals surface area contributed by atoms with Crippen LogP contribution in [0.2, 0.25) is 0 Å². The topological polar surface area (TPSA) is 88.2 Å². The SMILES string of the molecule is C[C@@H]1CN(c2c(F)cccc2[C@@H]2S[C@@H](CC(=O)N3CCC(N4CCc5ccccc5NC4=O)CC3)C(=O)N2CCC(C)(C)C)C[C@H](C)N1.[HH].[HH].[HH].[HH].[HH].[HH]. The van der Waals surface area contributed by atoms with Crippen LogP contribution in [0.5, 0.6) is 0 Å². The van der Waals surface area contributed by atoms with Crippen LogP contribution in [-0.4, -0.2) is 95.2 Å². The van der Waals surface area contributed by atoms with Crippen LogP contribution in [-0.2, 0) is 16.0 Å². The predicted octanol–water partition coefficient (Wildman–Crippen LogP) is 7.34. The van der Waals surface area contributed by atoms with E-state index in [1.807, 2.05) is 39.0 Å². The molecule has 2 N–H and O–H groups in total. The van der Waals surface area contributed by atoms with Crippen LogP contribution in [0.25, 0.3) is 0 Å². The maximum atomic E-state index is 15.7. The number of anilines is 2. The monoisotopic (exact) mass is 690 g/mol. The van der Waals surface area contributed by atoms with E-state index in [1.165, 1.54) is 17.8 Å². The number of carbonyl (C=O) groups excluding carboxylic acids is 3. The normalized spacial score (nSPS) is 25.6. The molecule has 0 aromatic heterocycles. The van der Waals surface area contributed by atoms with Crippen LogP contribution < -0.4 is 15.5 Å². The van der Waals surface area contributed by atoms with Crippen LogP contribution in [0, 0.1) is 11.2 Å². The quantitative estimate of drug-likeness (QED) is 0.316. The molecule has 4 aliphatic heterocycles. The average molecular weight is 691 g/mol. The van der Waals surface area contributed by atoms with E-state index < -0.39 is 5.25 Å². The van der Waals surface area contributed by atoms with E-state index in [-0.39, 0.29) is 67.6 Å². The molecule has 272 valence electrons. The van der Waals surface area contributed by atoms with Crippen molar-refractivity contribution < 1.29 is 27.3 Å². The molecule has 0 spiro atoms. The maximum absolute atomic E-state index is 15.7. The number of hydrogen-bond donors (Lipinski definition) is 2. The lowest BCUT2D eigenvalue weighted by molar-refractivity contribution is -0.137. The van der Waals surface area contributed by atoms with E-state index in [0.717, 1.165) is 29.7 Å². The van der Waals surface area contributed by atoms with Gasteiger partial charge < -0.3 is 30.2 Å². The Balaban J connectivity index is 0.00000468. The molecule has 0 saturated carbocycles. The Morgan fingerprint density at radius 1 is 1.00 bits per heavy atom. The second-order valence-corrected chi connectivity index (χ2v) is 16.5. The minimum absolute atomic E-state index is 0. The molecule has 3 saturated heterocycles. The third-order valence-corrected chi connectivity index (χ3v) is 11.6. The van der Waals surface area contributed by atoms with E-state index in [9.17, 15) is 14.4 Å². The molecule has 4 heterocycles. The number of hydrogen-bond acceptors (Lipinski definition) is 6. The summed E-state index contributed by atoms with van der Waals surface area (Å²) in [6, 6.07) is 13.5. The Hall–Kier alpha value is -3.31. The van der Waals surface area contributed by atoms with Crippen LogP contribution in [0.4, 0.5) is 20.6 Å². The molecule has 9 nitrogen and oxygen atoms in total. The number of piperidine rings is 1. The number of fused-ring (bicyclic) bond motifs is 1. The number of carbonyl (C=O) groups is 3. The summed E-state index contributed by atoms with van der Waals surface area (Å²) in [6.45, 7) is 14.3. The largest absolute Gasteiger partial charge is 0.366 e. The van der Waals surface area contributed by atoms with Gasteiger partial charge in [0.1, 0.15) is 11.2 Å². The Kier molecular flexibility index (Phi) is 10.3. The van der Waals surface area contributed by atoms with Gasteiger partial charge in [0, 0.05) is 83.6 Å². The lowest BCUT2D eigenvalue weighted by Crippen LogP contribution is -2.54. The highest BCUT2D eigenvalue weighted by molar-refractivity contribution is 8.01. The van der Waals surface area contributed by atoms with Gasteiger partial charge in [-0.1, -0.05) is 51.1 Å². The van der Waals surface area contributed by atoms with Gasteiger partial charge in [0.2, 0.25) is 11.8 Å². The molecule has 0 aliphatic carbocycles. The molecule has 0 unspecified atom stereocenters. The van der Waals surface area contributed by atoms with Gasteiger partial charge in [-0.05, 0) is 62.6 Å². The zero-order valence-corrected chi connectivity index (χ0v) is 29.8. The highest BCUT2D eigenvalue weighted by atomic mass is 32.2. The van der Waals surface area contributed by atoms with Crippen molar-refractivity contribution >= 4 is 41.0 Å². The molecular formula is C37H63FN6O3S. The smallest absolute Gasteiger partial charge is 0.322 e. The fraction of sp³-hybridized carbons (Fsp3) is 0.595. The second-order valence-electron chi connectivity index (χ2n) is 15.2. The number of nitrogens with zero attached hydrogens (tertiary/aromatic N) is 4. The number of benzene rings is 2. The van der Waals surface area contributed by atoms with Gasteiger partial charge in [0.05, 0.1) is 10.9 Å². The van der Waals surface area contributed by atoms with Crippen molar-refractivity contribution in [2.45, 2.75) is 95.5 Å². The molecule has 4 aliphatic rings. The first-order valence-electron chi connectivity index (χ1n) is 17.6. The van der Waals surface area contributed by atoms with E-state index in [4.69, 9.17) is 0 Å². The number of rotatable bonds is 7. The third kappa shape index (κ3) is 7.62. The van der Waals surface area contributed by atoms with Crippen molar-refractivity contribution in [1.82, 2.24) is 20.0 Å². The van der Waals surface area contributed by atoms with Gasteiger partial charge in [0.25, 0.3) is 0 Å². The Bertz CT molecular complexity index is 1530. The molecule has 3 fully saturated rings.